The van der Waals surface area contributed by atoms with Crippen molar-refractivity contribution in [2.75, 3.05) is 26.2 Å². The van der Waals surface area contributed by atoms with Crippen LogP contribution in [0.1, 0.15) is 27.2 Å². The van der Waals surface area contributed by atoms with Gasteiger partial charge in [0, 0.05) is 43.7 Å². The van der Waals surface area contributed by atoms with E-state index >= 15 is 0 Å². The molecule has 0 bridgehead atoms. The van der Waals surface area contributed by atoms with Crippen LogP contribution in [-0.2, 0) is 6.54 Å². The molecule has 1 aliphatic heterocycles. The van der Waals surface area contributed by atoms with Gasteiger partial charge >= 0.3 is 0 Å². The van der Waals surface area contributed by atoms with Gasteiger partial charge in [0.1, 0.15) is 5.58 Å². The Morgan fingerprint density at radius 1 is 1.07 bits per heavy atom. The highest BCUT2D eigenvalue weighted by Gasteiger charge is 2.26. The number of carbonyl (C=O) groups is 1. The summed E-state index contributed by atoms with van der Waals surface area (Å²) in [4.78, 5) is 17.1. The first kappa shape index (κ1) is 17.3. The van der Waals surface area contributed by atoms with E-state index in [1.54, 1.807) is 0 Å². The summed E-state index contributed by atoms with van der Waals surface area (Å²) in [6.07, 6.45) is 0. The summed E-state index contributed by atoms with van der Waals surface area (Å²) in [6, 6.07) is 17.6. The van der Waals surface area contributed by atoms with Crippen LogP contribution in [0.2, 0.25) is 0 Å². The molecule has 0 aliphatic carbocycles. The van der Waals surface area contributed by atoms with Crippen molar-refractivity contribution in [3.05, 3.63) is 71.0 Å². The van der Waals surface area contributed by atoms with Crippen LogP contribution in [0.3, 0.4) is 0 Å². The predicted molar refractivity (Wildman–Crippen MR) is 103 cm³/mol. The Hall–Kier alpha value is -3.10. The van der Waals surface area contributed by atoms with Crippen molar-refractivity contribution in [1.29, 1.82) is 5.26 Å². The zero-order valence-electron chi connectivity index (χ0n) is 15.3. The quantitative estimate of drug-likeness (QED) is 0.717. The van der Waals surface area contributed by atoms with E-state index in [1.165, 1.54) is 5.56 Å². The van der Waals surface area contributed by atoms with Crippen molar-refractivity contribution in [1.82, 2.24) is 9.80 Å². The molecule has 4 rings (SSSR count). The highest BCUT2D eigenvalue weighted by atomic mass is 16.3. The molecule has 3 aromatic rings. The number of para-hydroxylation sites is 1. The van der Waals surface area contributed by atoms with E-state index in [0.717, 1.165) is 36.2 Å². The SMILES string of the molecule is Cc1c(C(=O)N2CCN(Cc3ccc(C#N)cc3)CC2)oc2ccccc12. The number of nitriles is 1. The van der Waals surface area contributed by atoms with Crippen molar-refractivity contribution in [2.45, 2.75) is 13.5 Å². The molecule has 0 unspecified atom stereocenters. The number of fused-ring (bicyclic) bond motifs is 1. The Morgan fingerprint density at radius 3 is 2.44 bits per heavy atom. The van der Waals surface area contributed by atoms with Gasteiger partial charge < -0.3 is 9.32 Å². The first-order valence-electron chi connectivity index (χ1n) is 9.14. The van der Waals surface area contributed by atoms with Crippen molar-refractivity contribution < 1.29 is 9.21 Å². The predicted octanol–water partition coefficient (Wildman–Crippen LogP) is 3.57. The summed E-state index contributed by atoms with van der Waals surface area (Å²) in [5.41, 5.74) is 3.53. The topological polar surface area (TPSA) is 60.5 Å². The minimum absolute atomic E-state index is 0.0262. The zero-order valence-corrected chi connectivity index (χ0v) is 15.3. The lowest BCUT2D eigenvalue weighted by Gasteiger charge is -2.34. The van der Waals surface area contributed by atoms with Gasteiger partial charge in [-0.1, -0.05) is 30.3 Å². The van der Waals surface area contributed by atoms with E-state index in [4.69, 9.17) is 9.68 Å². The molecule has 1 saturated heterocycles. The summed E-state index contributed by atoms with van der Waals surface area (Å²) >= 11 is 0. The van der Waals surface area contributed by atoms with Crippen molar-refractivity contribution in [2.24, 2.45) is 0 Å². The van der Waals surface area contributed by atoms with Crippen LogP contribution in [0.5, 0.6) is 0 Å². The number of furan rings is 1. The van der Waals surface area contributed by atoms with Crippen LogP contribution < -0.4 is 0 Å². The summed E-state index contributed by atoms with van der Waals surface area (Å²) in [7, 11) is 0. The molecule has 27 heavy (non-hydrogen) atoms. The maximum Gasteiger partial charge on any atom is 0.289 e. The van der Waals surface area contributed by atoms with Crippen LogP contribution in [-0.4, -0.2) is 41.9 Å². The van der Waals surface area contributed by atoms with E-state index in [2.05, 4.69) is 11.0 Å². The third-order valence-corrected chi connectivity index (χ3v) is 5.19. The Morgan fingerprint density at radius 2 is 1.78 bits per heavy atom. The molecule has 136 valence electrons. The molecule has 1 fully saturated rings. The van der Waals surface area contributed by atoms with Gasteiger partial charge in [-0.25, -0.2) is 0 Å². The van der Waals surface area contributed by atoms with Crippen LogP contribution in [0, 0.1) is 18.3 Å². The number of piperazine rings is 1. The molecule has 2 heterocycles. The number of rotatable bonds is 3. The Balaban J connectivity index is 1.40. The second-order valence-corrected chi connectivity index (χ2v) is 6.93. The third-order valence-electron chi connectivity index (χ3n) is 5.19. The molecule has 1 aliphatic rings. The average Bonchev–Trinajstić information content (AvgIpc) is 3.05. The molecule has 5 heteroatoms. The highest BCUT2D eigenvalue weighted by molar-refractivity contribution is 5.98. The summed E-state index contributed by atoms with van der Waals surface area (Å²) in [5, 5.41) is 9.89. The Labute approximate surface area is 158 Å². The molecular formula is C22H21N3O2. The molecule has 2 aromatic carbocycles. The normalized spacial score (nSPS) is 15.0. The van der Waals surface area contributed by atoms with Gasteiger partial charge in [-0.15, -0.1) is 0 Å². The van der Waals surface area contributed by atoms with Gasteiger partial charge in [0.05, 0.1) is 11.6 Å². The van der Waals surface area contributed by atoms with Gasteiger partial charge in [-0.2, -0.15) is 5.26 Å². The van der Waals surface area contributed by atoms with E-state index in [1.807, 2.05) is 60.4 Å². The van der Waals surface area contributed by atoms with Gasteiger partial charge in [0.2, 0.25) is 0 Å². The number of nitrogens with zero attached hydrogens (tertiary/aromatic N) is 3. The third kappa shape index (κ3) is 3.44. The lowest BCUT2D eigenvalue weighted by molar-refractivity contribution is 0.0599. The maximum absolute atomic E-state index is 12.9. The molecule has 1 aromatic heterocycles. The minimum Gasteiger partial charge on any atom is -0.451 e. The smallest absolute Gasteiger partial charge is 0.289 e. The highest BCUT2D eigenvalue weighted by Crippen LogP contribution is 2.26. The minimum atomic E-state index is -0.0262. The standard InChI is InChI=1S/C22H21N3O2/c1-16-19-4-2-3-5-20(19)27-21(16)22(26)25-12-10-24(11-13-25)15-18-8-6-17(14-23)7-9-18/h2-9H,10-13,15H2,1H3. The fraction of sp³-hybridized carbons (Fsp3) is 0.273. The largest absolute Gasteiger partial charge is 0.451 e. The van der Waals surface area contributed by atoms with Gasteiger partial charge in [0.25, 0.3) is 5.91 Å². The van der Waals surface area contributed by atoms with Crippen molar-refractivity contribution in [3.8, 4) is 6.07 Å². The van der Waals surface area contributed by atoms with E-state index in [-0.39, 0.29) is 5.91 Å². The summed E-state index contributed by atoms with van der Waals surface area (Å²) < 4.78 is 5.83. The van der Waals surface area contributed by atoms with Gasteiger partial charge in [0.15, 0.2) is 5.76 Å². The lowest BCUT2D eigenvalue weighted by atomic mass is 10.1. The Bertz CT molecular complexity index is 1010. The van der Waals surface area contributed by atoms with Crippen LogP contribution in [0.15, 0.2) is 52.9 Å². The van der Waals surface area contributed by atoms with Gasteiger partial charge in [-0.3, -0.25) is 9.69 Å². The molecule has 0 N–H and O–H groups in total. The molecular weight excluding hydrogens is 338 g/mol. The second-order valence-electron chi connectivity index (χ2n) is 6.93. The summed E-state index contributed by atoms with van der Waals surface area (Å²) in [5.74, 6) is 0.429. The number of hydrogen-bond acceptors (Lipinski definition) is 4. The fourth-order valence-corrected chi connectivity index (χ4v) is 3.57. The number of carbonyl (C=O) groups excluding carboxylic acids is 1. The first-order valence-corrected chi connectivity index (χ1v) is 9.14. The van der Waals surface area contributed by atoms with E-state index in [0.29, 0.717) is 24.4 Å². The van der Waals surface area contributed by atoms with Crippen molar-refractivity contribution >= 4 is 16.9 Å². The number of benzene rings is 2. The lowest BCUT2D eigenvalue weighted by Crippen LogP contribution is -2.48. The average molecular weight is 359 g/mol. The van der Waals surface area contributed by atoms with Crippen LogP contribution in [0.25, 0.3) is 11.0 Å². The van der Waals surface area contributed by atoms with E-state index in [9.17, 15) is 4.79 Å². The Kier molecular flexibility index (Phi) is 4.66. The van der Waals surface area contributed by atoms with Gasteiger partial charge in [-0.05, 0) is 30.7 Å². The first-order chi connectivity index (χ1) is 13.2. The molecule has 0 atom stereocenters. The molecule has 0 saturated carbocycles. The molecule has 0 radical (unpaired) electrons. The summed E-state index contributed by atoms with van der Waals surface area (Å²) in [6.45, 7) is 5.80. The zero-order chi connectivity index (χ0) is 18.8. The number of aryl methyl sites for hydroxylation is 1. The second kappa shape index (κ2) is 7.26. The van der Waals surface area contributed by atoms with E-state index < -0.39 is 0 Å². The monoisotopic (exact) mass is 359 g/mol. The maximum atomic E-state index is 12.9. The molecule has 0 spiro atoms. The number of hydrogen-bond donors (Lipinski definition) is 0. The number of amides is 1. The van der Waals surface area contributed by atoms with Crippen molar-refractivity contribution in [3.63, 3.8) is 0 Å². The van der Waals surface area contributed by atoms with Crippen LogP contribution >= 0.6 is 0 Å². The molecule has 1 amide bonds. The molecule has 5 nitrogen and oxygen atoms in total. The van der Waals surface area contributed by atoms with Crippen LogP contribution in [0.4, 0.5) is 0 Å². The fourth-order valence-electron chi connectivity index (χ4n) is 3.57.